The van der Waals surface area contributed by atoms with Crippen LogP contribution in [0.5, 0.6) is 5.75 Å². The molecule has 1 saturated heterocycles. The van der Waals surface area contributed by atoms with E-state index in [1.807, 2.05) is 41.7 Å². The van der Waals surface area contributed by atoms with Crippen molar-refractivity contribution in [2.24, 2.45) is 0 Å². The van der Waals surface area contributed by atoms with E-state index in [2.05, 4.69) is 49.1 Å². The van der Waals surface area contributed by atoms with Gasteiger partial charge in [0.25, 0.3) is 0 Å². The van der Waals surface area contributed by atoms with E-state index in [1.165, 1.54) is 10.7 Å². The second kappa shape index (κ2) is 10.3. The third kappa shape index (κ3) is 5.47. The fraction of sp³-hybridized carbons (Fsp3) is 0.217. The van der Waals surface area contributed by atoms with E-state index in [0.29, 0.717) is 6.61 Å². The fourth-order valence-electron chi connectivity index (χ4n) is 2.71. The molecule has 0 aliphatic carbocycles. The van der Waals surface area contributed by atoms with Crippen molar-refractivity contribution >= 4 is 35.2 Å². The third-order valence-electron chi connectivity index (χ3n) is 4.04. The van der Waals surface area contributed by atoms with Crippen LogP contribution in [-0.4, -0.2) is 25.2 Å². The maximum Gasteiger partial charge on any atom is 0.147 e. The second-order valence-corrected chi connectivity index (χ2v) is 8.43. The SMILES string of the molecule is C=CCOC(C(=Cc1ccc(OC)cc1)c1ccccc1)=C1SCCCS1. The Bertz CT molecular complexity index is 800. The summed E-state index contributed by atoms with van der Waals surface area (Å²) in [5, 5.41) is 0. The number of rotatable bonds is 7. The van der Waals surface area contributed by atoms with Gasteiger partial charge in [0.2, 0.25) is 0 Å². The van der Waals surface area contributed by atoms with Gasteiger partial charge in [-0.1, -0.05) is 55.1 Å². The molecule has 27 heavy (non-hydrogen) atoms. The van der Waals surface area contributed by atoms with Gasteiger partial charge in [0.15, 0.2) is 0 Å². The van der Waals surface area contributed by atoms with Crippen molar-refractivity contribution in [2.75, 3.05) is 25.2 Å². The minimum absolute atomic E-state index is 0.493. The van der Waals surface area contributed by atoms with E-state index in [4.69, 9.17) is 9.47 Å². The summed E-state index contributed by atoms with van der Waals surface area (Å²) in [5.41, 5.74) is 3.35. The highest BCUT2D eigenvalue weighted by atomic mass is 32.2. The Labute approximate surface area is 170 Å². The van der Waals surface area contributed by atoms with Gasteiger partial charge in [0.05, 0.1) is 11.3 Å². The molecular weight excluding hydrogens is 372 g/mol. The number of methoxy groups -OCH3 is 1. The monoisotopic (exact) mass is 396 g/mol. The zero-order valence-electron chi connectivity index (χ0n) is 15.5. The molecule has 1 fully saturated rings. The first-order valence-electron chi connectivity index (χ1n) is 8.97. The Morgan fingerprint density at radius 1 is 1.04 bits per heavy atom. The highest BCUT2D eigenvalue weighted by Gasteiger charge is 2.19. The van der Waals surface area contributed by atoms with Gasteiger partial charge in [-0.05, 0) is 47.3 Å². The van der Waals surface area contributed by atoms with Gasteiger partial charge in [0, 0.05) is 5.57 Å². The molecule has 2 nitrogen and oxygen atoms in total. The molecule has 1 aliphatic heterocycles. The average molecular weight is 397 g/mol. The van der Waals surface area contributed by atoms with Crippen LogP contribution in [0.25, 0.3) is 11.6 Å². The molecule has 4 heteroatoms. The van der Waals surface area contributed by atoms with Crippen LogP contribution in [0.2, 0.25) is 0 Å². The molecule has 0 saturated carbocycles. The van der Waals surface area contributed by atoms with Crippen LogP contribution >= 0.6 is 23.5 Å². The lowest BCUT2D eigenvalue weighted by Crippen LogP contribution is -2.03. The van der Waals surface area contributed by atoms with Crippen LogP contribution in [0.15, 0.2) is 77.2 Å². The maximum absolute atomic E-state index is 6.19. The molecule has 3 rings (SSSR count). The lowest BCUT2D eigenvalue weighted by atomic mass is 10.0. The molecule has 140 valence electrons. The molecule has 2 aromatic carbocycles. The Morgan fingerprint density at radius 2 is 1.74 bits per heavy atom. The first-order valence-corrected chi connectivity index (χ1v) is 10.9. The van der Waals surface area contributed by atoms with Crippen molar-refractivity contribution in [1.82, 2.24) is 0 Å². The van der Waals surface area contributed by atoms with Gasteiger partial charge in [0.1, 0.15) is 18.1 Å². The minimum Gasteiger partial charge on any atom is -0.497 e. The minimum atomic E-state index is 0.493. The molecule has 0 bridgehead atoms. The van der Waals surface area contributed by atoms with Crippen LogP contribution < -0.4 is 4.74 Å². The predicted molar refractivity (Wildman–Crippen MR) is 120 cm³/mol. The van der Waals surface area contributed by atoms with Gasteiger partial charge in [-0.15, -0.1) is 23.5 Å². The second-order valence-electron chi connectivity index (χ2n) is 5.96. The molecule has 1 heterocycles. The van der Waals surface area contributed by atoms with Gasteiger partial charge >= 0.3 is 0 Å². The lowest BCUT2D eigenvalue weighted by Gasteiger charge is -2.21. The third-order valence-corrected chi connectivity index (χ3v) is 6.63. The first-order chi connectivity index (χ1) is 13.3. The molecule has 0 amide bonds. The summed E-state index contributed by atoms with van der Waals surface area (Å²) in [7, 11) is 1.68. The van der Waals surface area contributed by atoms with Crippen LogP contribution in [0.3, 0.4) is 0 Å². The summed E-state index contributed by atoms with van der Waals surface area (Å²) in [6.07, 6.45) is 5.22. The van der Waals surface area contributed by atoms with E-state index in [9.17, 15) is 0 Å². The Balaban J connectivity index is 2.08. The summed E-state index contributed by atoms with van der Waals surface area (Å²) in [6.45, 7) is 4.31. The molecule has 1 aliphatic rings. The molecule has 0 atom stereocenters. The van der Waals surface area contributed by atoms with Gasteiger partial charge in [-0.2, -0.15) is 0 Å². The smallest absolute Gasteiger partial charge is 0.147 e. The van der Waals surface area contributed by atoms with Crippen molar-refractivity contribution in [3.8, 4) is 5.75 Å². The van der Waals surface area contributed by atoms with E-state index >= 15 is 0 Å². The summed E-state index contributed by atoms with van der Waals surface area (Å²) in [4.78, 5) is 0. The average Bonchev–Trinajstić information content (AvgIpc) is 2.75. The summed E-state index contributed by atoms with van der Waals surface area (Å²) in [5.74, 6) is 4.07. The van der Waals surface area contributed by atoms with E-state index in [-0.39, 0.29) is 0 Å². The Morgan fingerprint density at radius 3 is 2.37 bits per heavy atom. The Kier molecular flexibility index (Phi) is 7.55. The largest absolute Gasteiger partial charge is 0.497 e. The number of benzene rings is 2. The fourth-order valence-corrected chi connectivity index (χ4v) is 5.28. The summed E-state index contributed by atoms with van der Waals surface area (Å²) >= 11 is 3.77. The van der Waals surface area contributed by atoms with E-state index < -0.39 is 0 Å². The molecule has 0 radical (unpaired) electrons. The van der Waals surface area contributed by atoms with Gasteiger partial charge in [-0.3, -0.25) is 0 Å². The molecule has 0 unspecified atom stereocenters. The van der Waals surface area contributed by atoms with E-state index in [0.717, 1.165) is 39.7 Å². The number of ether oxygens (including phenoxy) is 2. The molecule has 2 aromatic rings. The van der Waals surface area contributed by atoms with Crippen molar-refractivity contribution in [1.29, 1.82) is 0 Å². The highest BCUT2D eigenvalue weighted by Crippen LogP contribution is 2.42. The Hall–Kier alpha value is -2.04. The van der Waals surface area contributed by atoms with Crippen LogP contribution in [0, 0.1) is 0 Å². The highest BCUT2D eigenvalue weighted by molar-refractivity contribution is 8.22. The number of allylic oxidation sites excluding steroid dienone is 1. The van der Waals surface area contributed by atoms with Gasteiger partial charge in [-0.25, -0.2) is 0 Å². The molecule has 0 spiro atoms. The molecular formula is C23H24O2S2. The van der Waals surface area contributed by atoms with Crippen LogP contribution in [0.4, 0.5) is 0 Å². The number of hydrogen-bond donors (Lipinski definition) is 0. The number of thioether (sulfide) groups is 2. The zero-order valence-corrected chi connectivity index (χ0v) is 17.2. The predicted octanol–water partition coefficient (Wildman–Crippen LogP) is 6.48. The van der Waals surface area contributed by atoms with Gasteiger partial charge < -0.3 is 9.47 Å². The van der Waals surface area contributed by atoms with Crippen molar-refractivity contribution in [3.05, 3.63) is 88.4 Å². The standard InChI is InChI=1S/C23H24O2S2/c1-3-14-25-22(23-26-15-7-16-27-23)21(19-8-5-4-6-9-19)17-18-10-12-20(24-2)13-11-18/h3-6,8-13,17H,1,7,14-16H2,2H3. The summed E-state index contributed by atoms with van der Waals surface area (Å²) < 4.78 is 12.7. The van der Waals surface area contributed by atoms with Crippen molar-refractivity contribution < 1.29 is 9.47 Å². The quantitative estimate of drug-likeness (QED) is 0.303. The van der Waals surface area contributed by atoms with Crippen molar-refractivity contribution in [3.63, 3.8) is 0 Å². The molecule has 0 aromatic heterocycles. The van der Waals surface area contributed by atoms with Crippen LogP contribution in [-0.2, 0) is 4.74 Å². The topological polar surface area (TPSA) is 18.5 Å². The van der Waals surface area contributed by atoms with Crippen molar-refractivity contribution in [2.45, 2.75) is 6.42 Å². The zero-order chi connectivity index (χ0) is 18.9. The summed E-state index contributed by atoms with van der Waals surface area (Å²) in [6, 6.07) is 18.5. The maximum atomic E-state index is 6.19. The lowest BCUT2D eigenvalue weighted by molar-refractivity contribution is 0.266. The number of hydrogen-bond acceptors (Lipinski definition) is 4. The first kappa shape index (κ1) is 19.7. The normalized spacial score (nSPS) is 14.6. The molecule has 0 N–H and O–H groups in total. The van der Waals surface area contributed by atoms with Crippen LogP contribution in [0.1, 0.15) is 17.5 Å². The van der Waals surface area contributed by atoms with E-state index in [1.54, 1.807) is 13.2 Å².